The molecule has 0 saturated heterocycles. The van der Waals surface area contributed by atoms with Gasteiger partial charge >= 0.3 is 0 Å². The van der Waals surface area contributed by atoms with Crippen molar-refractivity contribution in [1.82, 2.24) is 4.98 Å². The van der Waals surface area contributed by atoms with Gasteiger partial charge in [-0.2, -0.15) is 0 Å². The normalized spacial score (nSPS) is 13.6. The molecule has 0 aliphatic rings. The zero-order valence-corrected chi connectivity index (χ0v) is 5.46. The van der Waals surface area contributed by atoms with E-state index in [2.05, 4.69) is 4.98 Å². The van der Waals surface area contributed by atoms with Crippen LogP contribution in [0, 0.1) is 0 Å². The maximum Gasteiger partial charge on any atom is 0.0935 e. The van der Waals surface area contributed by atoms with E-state index in [4.69, 9.17) is 0 Å². The van der Waals surface area contributed by atoms with Gasteiger partial charge in [-0.05, 0) is 18.6 Å². The van der Waals surface area contributed by atoms with Crippen LogP contribution < -0.4 is 0 Å². The van der Waals surface area contributed by atoms with Crippen molar-refractivity contribution < 1.29 is 5.11 Å². The van der Waals surface area contributed by atoms with E-state index in [0.717, 1.165) is 12.1 Å². The zero-order chi connectivity index (χ0) is 6.69. The van der Waals surface area contributed by atoms with Gasteiger partial charge in [-0.25, -0.2) is 0 Å². The van der Waals surface area contributed by atoms with Gasteiger partial charge in [0.05, 0.1) is 6.10 Å². The Morgan fingerprint density at radius 3 is 3.00 bits per heavy atom. The minimum atomic E-state index is -0.319. The van der Waals surface area contributed by atoms with Crippen molar-refractivity contribution in [1.29, 1.82) is 0 Å². The summed E-state index contributed by atoms with van der Waals surface area (Å²) in [6.07, 6.45) is 2.26. The minimum absolute atomic E-state index is 0.319. The van der Waals surface area contributed by atoms with Crippen molar-refractivity contribution in [3.63, 3.8) is 0 Å². The summed E-state index contributed by atoms with van der Waals surface area (Å²) in [4.78, 5) is 2.94. The summed E-state index contributed by atoms with van der Waals surface area (Å²) in [7, 11) is 0. The molecule has 0 radical (unpaired) electrons. The summed E-state index contributed by atoms with van der Waals surface area (Å²) in [5.41, 5.74) is 0.900. The first-order chi connectivity index (χ1) is 4.34. The lowest BCUT2D eigenvalue weighted by Crippen LogP contribution is -1.93. The number of nitrogens with one attached hydrogen (secondary N) is 1. The van der Waals surface area contributed by atoms with Gasteiger partial charge in [0.1, 0.15) is 0 Å². The van der Waals surface area contributed by atoms with E-state index in [9.17, 15) is 5.11 Å². The van der Waals surface area contributed by atoms with Crippen LogP contribution >= 0.6 is 0 Å². The van der Waals surface area contributed by atoms with Gasteiger partial charge in [-0.1, -0.05) is 6.92 Å². The number of rotatable bonds is 2. The lowest BCUT2D eigenvalue weighted by atomic mass is 10.2. The van der Waals surface area contributed by atoms with Gasteiger partial charge in [0.2, 0.25) is 0 Å². The third-order valence-electron chi connectivity index (χ3n) is 1.37. The molecule has 2 N–H and O–H groups in total. The Bertz CT molecular complexity index is 157. The fourth-order valence-corrected chi connectivity index (χ4v) is 0.771. The number of H-pyrrole nitrogens is 1. The molecule has 1 rings (SSSR count). The van der Waals surface area contributed by atoms with Crippen LogP contribution in [-0.4, -0.2) is 10.1 Å². The van der Waals surface area contributed by atoms with Gasteiger partial charge in [0.15, 0.2) is 0 Å². The second kappa shape index (κ2) is 2.69. The second-order valence-corrected chi connectivity index (χ2v) is 2.05. The quantitative estimate of drug-likeness (QED) is 0.616. The molecule has 2 heteroatoms. The Balaban J connectivity index is 2.65. The number of aromatic nitrogens is 1. The summed E-state index contributed by atoms with van der Waals surface area (Å²) in [6.45, 7) is 1.95. The highest BCUT2D eigenvalue weighted by Crippen LogP contribution is 2.11. The van der Waals surface area contributed by atoms with Crippen LogP contribution in [0.5, 0.6) is 0 Å². The van der Waals surface area contributed by atoms with Gasteiger partial charge in [-0.3, -0.25) is 0 Å². The molecule has 0 saturated carbocycles. The molecule has 0 fully saturated rings. The summed E-state index contributed by atoms with van der Waals surface area (Å²) in [5, 5.41) is 9.19. The Morgan fingerprint density at radius 2 is 2.56 bits per heavy atom. The lowest BCUT2D eigenvalue weighted by molar-refractivity contribution is 0.169. The summed E-state index contributed by atoms with van der Waals surface area (Å²) in [5.74, 6) is 0. The van der Waals surface area contributed by atoms with Crippen molar-refractivity contribution in [3.05, 3.63) is 24.0 Å². The van der Waals surface area contributed by atoms with Crippen LogP contribution in [0.3, 0.4) is 0 Å². The lowest BCUT2D eigenvalue weighted by Gasteiger charge is -2.02. The fourth-order valence-electron chi connectivity index (χ4n) is 0.771. The topological polar surface area (TPSA) is 36.0 Å². The Morgan fingerprint density at radius 1 is 1.78 bits per heavy atom. The largest absolute Gasteiger partial charge is 0.387 e. The maximum absolute atomic E-state index is 9.19. The van der Waals surface area contributed by atoms with Crippen LogP contribution in [0.1, 0.15) is 25.1 Å². The van der Waals surface area contributed by atoms with E-state index in [-0.39, 0.29) is 6.10 Å². The standard InChI is InChI=1S/C7H11NO/c1-2-7(9)6-4-3-5-8-6/h3-5,7-9H,2H2,1H3. The van der Waals surface area contributed by atoms with Crippen molar-refractivity contribution in [2.75, 3.05) is 0 Å². The average Bonchev–Trinajstić information content (AvgIpc) is 2.37. The highest BCUT2D eigenvalue weighted by molar-refractivity contribution is 5.06. The molecule has 0 aliphatic carbocycles. The first-order valence-electron chi connectivity index (χ1n) is 3.16. The number of hydrogen-bond acceptors (Lipinski definition) is 1. The summed E-state index contributed by atoms with van der Waals surface area (Å²) >= 11 is 0. The van der Waals surface area contributed by atoms with Crippen LogP contribution in [0.15, 0.2) is 18.3 Å². The third kappa shape index (κ3) is 1.33. The molecule has 0 bridgehead atoms. The van der Waals surface area contributed by atoms with Crippen LogP contribution in [0.2, 0.25) is 0 Å². The average molecular weight is 125 g/mol. The Kier molecular flexibility index (Phi) is 1.90. The predicted octanol–water partition coefficient (Wildman–Crippen LogP) is 1.46. The monoisotopic (exact) mass is 125 g/mol. The molecular formula is C7H11NO. The van der Waals surface area contributed by atoms with Gasteiger partial charge < -0.3 is 10.1 Å². The van der Waals surface area contributed by atoms with Crippen LogP contribution in [-0.2, 0) is 0 Å². The molecule has 1 atom stereocenters. The number of hydrogen-bond donors (Lipinski definition) is 2. The van der Waals surface area contributed by atoms with Crippen molar-refractivity contribution in [2.24, 2.45) is 0 Å². The Hall–Kier alpha value is -0.760. The molecule has 0 aliphatic heterocycles. The molecular weight excluding hydrogens is 114 g/mol. The predicted molar refractivity (Wildman–Crippen MR) is 36.0 cm³/mol. The van der Waals surface area contributed by atoms with Gasteiger partial charge in [-0.15, -0.1) is 0 Å². The molecule has 50 valence electrons. The molecule has 1 unspecified atom stereocenters. The molecule has 1 aromatic heterocycles. The highest BCUT2D eigenvalue weighted by Gasteiger charge is 2.02. The molecule has 0 amide bonds. The van der Waals surface area contributed by atoms with Crippen molar-refractivity contribution in [3.8, 4) is 0 Å². The molecule has 0 aromatic carbocycles. The second-order valence-electron chi connectivity index (χ2n) is 2.05. The van der Waals surface area contributed by atoms with E-state index in [1.807, 2.05) is 25.3 Å². The number of aliphatic hydroxyl groups is 1. The number of aliphatic hydroxyl groups excluding tert-OH is 1. The van der Waals surface area contributed by atoms with Crippen LogP contribution in [0.25, 0.3) is 0 Å². The van der Waals surface area contributed by atoms with Crippen molar-refractivity contribution >= 4 is 0 Å². The van der Waals surface area contributed by atoms with Gasteiger partial charge in [0.25, 0.3) is 0 Å². The maximum atomic E-state index is 9.19. The minimum Gasteiger partial charge on any atom is -0.387 e. The molecule has 0 spiro atoms. The highest BCUT2D eigenvalue weighted by atomic mass is 16.3. The molecule has 1 aromatic rings. The third-order valence-corrected chi connectivity index (χ3v) is 1.37. The molecule has 2 nitrogen and oxygen atoms in total. The van der Waals surface area contributed by atoms with Crippen LogP contribution in [0.4, 0.5) is 0 Å². The van der Waals surface area contributed by atoms with E-state index in [0.29, 0.717) is 0 Å². The van der Waals surface area contributed by atoms with Gasteiger partial charge in [0, 0.05) is 11.9 Å². The molecule has 9 heavy (non-hydrogen) atoms. The molecule has 1 heterocycles. The van der Waals surface area contributed by atoms with E-state index < -0.39 is 0 Å². The van der Waals surface area contributed by atoms with E-state index >= 15 is 0 Å². The zero-order valence-electron chi connectivity index (χ0n) is 5.46. The Labute approximate surface area is 54.5 Å². The SMILES string of the molecule is CCC(O)c1ccc[nH]1. The summed E-state index contributed by atoms with van der Waals surface area (Å²) in [6, 6.07) is 3.77. The van der Waals surface area contributed by atoms with Crippen molar-refractivity contribution in [2.45, 2.75) is 19.4 Å². The summed E-state index contributed by atoms with van der Waals surface area (Å²) < 4.78 is 0. The fraction of sp³-hybridized carbons (Fsp3) is 0.429. The van der Waals surface area contributed by atoms with E-state index in [1.54, 1.807) is 0 Å². The smallest absolute Gasteiger partial charge is 0.0935 e. The first-order valence-corrected chi connectivity index (χ1v) is 3.16. The van der Waals surface area contributed by atoms with E-state index in [1.165, 1.54) is 0 Å². The number of aromatic amines is 1. The first kappa shape index (κ1) is 6.36.